The molecule has 0 atom stereocenters. The molecule has 0 unspecified atom stereocenters. The molecule has 0 saturated heterocycles. The van der Waals surface area contributed by atoms with Crippen molar-refractivity contribution in [3.05, 3.63) is 77.1 Å². The van der Waals surface area contributed by atoms with Gasteiger partial charge in [-0.25, -0.2) is 9.97 Å². The minimum absolute atomic E-state index is 0.0530. The van der Waals surface area contributed by atoms with Crippen LogP contribution in [-0.4, -0.2) is 28.8 Å². The monoisotopic (exact) mass is 417 g/mol. The van der Waals surface area contributed by atoms with Crippen LogP contribution in [0, 0.1) is 0 Å². The van der Waals surface area contributed by atoms with Crippen molar-refractivity contribution in [2.24, 2.45) is 0 Å². The Labute approximate surface area is 182 Å². The van der Waals surface area contributed by atoms with Crippen LogP contribution in [0.25, 0.3) is 11.3 Å². The van der Waals surface area contributed by atoms with Crippen LogP contribution in [0.5, 0.6) is 0 Å². The number of carbonyl (C=O) groups is 2. The minimum atomic E-state index is -0.415. The Morgan fingerprint density at radius 2 is 1.77 bits per heavy atom. The first-order valence-corrected chi connectivity index (χ1v) is 10.3. The van der Waals surface area contributed by atoms with Gasteiger partial charge in [0.15, 0.2) is 11.5 Å². The molecule has 0 radical (unpaired) electrons. The molecule has 0 saturated carbocycles. The zero-order chi connectivity index (χ0) is 22.2. The molecule has 2 amide bonds. The van der Waals surface area contributed by atoms with E-state index in [2.05, 4.69) is 39.7 Å². The number of amides is 2. The van der Waals surface area contributed by atoms with Gasteiger partial charge in [0, 0.05) is 24.7 Å². The maximum atomic E-state index is 12.7. The molecule has 0 aliphatic carbocycles. The van der Waals surface area contributed by atoms with Gasteiger partial charge in [-0.2, -0.15) is 0 Å². The highest BCUT2D eigenvalue weighted by Crippen LogP contribution is 2.20. The fourth-order valence-electron chi connectivity index (χ4n) is 3.13. The van der Waals surface area contributed by atoms with Crippen LogP contribution in [0.15, 0.2) is 54.7 Å². The third-order valence-corrected chi connectivity index (χ3v) is 4.96. The Kier molecular flexibility index (Phi) is 7.32. The number of nitrogens with zero attached hydrogens (tertiary/aromatic N) is 2. The van der Waals surface area contributed by atoms with E-state index in [4.69, 9.17) is 5.73 Å². The van der Waals surface area contributed by atoms with Crippen molar-refractivity contribution in [2.75, 3.05) is 12.8 Å². The van der Waals surface area contributed by atoms with Gasteiger partial charge in [0.1, 0.15) is 0 Å². The summed E-state index contributed by atoms with van der Waals surface area (Å²) in [7, 11) is 1.50. The molecule has 0 aliphatic rings. The second-order valence-electron chi connectivity index (χ2n) is 7.25. The summed E-state index contributed by atoms with van der Waals surface area (Å²) in [4.78, 5) is 32.9. The number of anilines is 1. The minimum Gasteiger partial charge on any atom is -0.382 e. The molecule has 160 valence electrons. The van der Waals surface area contributed by atoms with E-state index in [1.54, 1.807) is 24.3 Å². The summed E-state index contributed by atoms with van der Waals surface area (Å²) < 4.78 is 0. The second-order valence-corrected chi connectivity index (χ2v) is 7.25. The number of nitrogens with one attached hydrogen (secondary N) is 2. The van der Waals surface area contributed by atoms with Crippen LogP contribution in [0.1, 0.15) is 51.7 Å². The van der Waals surface area contributed by atoms with E-state index in [1.165, 1.54) is 31.6 Å². The zero-order valence-electron chi connectivity index (χ0n) is 17.8. The number of hydrogen-bond donors (Lipinski definition) is 3. The molecule has 7 nitrogen and oxygen atoms in total. The number of benzene rings is 2. The van der Waals surface area contributed by atoms with E-state index in [0.29, 0.717) is 23.4 Å². The fraction of sp³-hybridized carbons (Fsp3) is 0.250. The first-order chi connectivity index (χ1) is 15.0. The summed E-state index contributed by atoms with van der Waals surface area (Å²) in [5.74, 6) is -0.550. The highest BCUT2D eigenvalue weighted by molar-refractivity contribution is 5.97. The van der Waals surface area contributed by atoms with Crippen molar-refractivity contribution in [1.29, 1.82) is 0 Å². The summed E-state index contributed by atoms with van der Waals surface area (Å²) in [6.07, 6.45) is 4.91. The normalized spacial score (nSPS) is 10.5. The van der Waals surface area contributed by atoms with Crippen LogP contribution in [0.4, 0.5) is 5.82 Å². The molecule has 31 heavy (non-hydrogen) atoms. The third kappa shape index (κ3) is 5.66. The molecule has 3 aromatic rings. The Balaban J connectivity index is 1.70. The third-order valence-electron chi connectivity index (χ3n) is 4.96. The van der Waals surface area contributed by atoms with E-state index in [0.717, 1.165) is 12.0 Å². The molecular weight excluding hydrogens is 390 g/mol. The molecule has 0 bridgehead atoms. The van der Waals surface area contributed by atoms with Gasteiger partial charge >= 0.3 is 0 Å². The number of aryl methyl sites for hydroxylation is 1. The van der Waals surface area contributed by atoms with Gasteiger partial charge in [-0.3, -0.25) is 9.59 Å². The van der Waals surface area contributed by atoms with Crippen molar-refractivity contribution in [3.8, 4) is 11.3 Å². The molecule has 0 spiro atoms. The van der Waals surface area contributed by atoms with Gasteiger partial charge in [-0.1, -0.05) is 49.7 Å². The summed E-state index contributed by atoms with van der Waals surface area (Å²) in [5, 5.41) is 5.44. The molecule has 0 fully saturated rings. The summed E-state index contributed by atoms with van der Waals surface area (Å²) in [6.45, 7) is 2.62. The molecular formula is C24H27N5O2. The summed E-state index contributed by atoms with van der Waals surface area (Å²) in [6, 6.07) is 15.3. The van der Waals surface area contributed by atoms with Crippen LogP contribution >= 0.6 is 0 Å². The maximum absolute atomic E-state index is 12.7. The first kappa shape index (κ1) is 22.0. The van der Waals surface area contributed by atoms with E-state index in [1.807, 2.05) is 12.1 Å². The SMILES string of the molecule is CCCCc1ccc(CNC(=O)c2cccc(-c3cnc(N)c(C(=O)NC)n3)c2)cc1. The molecule has 2 aromatic carbocycles. The average Bonchev–Trinajstić information content (AvgIpc) is 2.81. The molecule has 7 heteroatoms. The smallest absolute Gasteiger partial charge is 0.273 e. The Morgan fingerprint density at radius 3 is 2.48 bits per heavy atom. The van der Waals surface area contributed by atoms with E-state index in [9.17, 15) is 9.59 Å². The number of unbranched alkanes of at least 4 members (excludes halogenated alkanes) is 1. The van der Waals surface area contributed by atoms with E-state index >= 15 is 0 Å². The van der Waals surface area contributed by atoms with Gasteiger partial charge in [0.2, 0.25) is 0 Å². The standard InChI is InChI=1S/C24H27N5O2/c1-3-4-6-16-9-11-17(12-10-16)14-28-23(30)19-8-5-7-18(13-19)20-15-27-22(25)21(29-20)24(31)26-2/h5,7-13,15H,3-4,6,14H2,1-2H3,(H2,25,27)(H,26,31)(H,28,30). The van der Waals surface area contributed by atoms with Crippen molar-refractivity contribution in [2.45, 2.75) is 32.7 Å². The molecule has 4 N–H and O–H groups in total. The number of carbonyl (C=O) groups excluding carboxylic acids is 2. The number of nitrogens with two attached hydrogens (primary N) is 1. The predicted octanol–water partition coefficient (Wildman–Crippen LogP) is 3.36. The topological polar surface area (TPSA) is 110 Å². The summed E-state index contributed by atoms with van der Waals surface area (Å²) in [5.41, 5.74) is 9.79. The van der Waals surface area contributed by atoms with Crippen molar-refractivity contribution >= 4 is 17.6 Å². The zero-order valence-corrected chi connectivity index (χ0v) is 17.8. The van der Waals surface area contributed by atoms with Crippen LogP contribution in [0.2, 0.25) is 0 Å². The Morgan fingerprint density at radius 1 is 1.03 bits per heavy atom. The highest BCUT2D eigenvalue weighted by Gasteiger charge is 2.14. The van der Waals surface area contributed by atoms with Crippen LogP contribution < -0.4 is 16.4 Å². The molecule has 1 heterocycles. The molecule has 3 rings (SSSR count). The lowest BCUT2D eigenvalue weighted by Crippen LogP contribution is -2.23. The largest absolute Gasteiger partial charge is 0.382 e. The average molecular weight is 418 g/mol. The van der Waals surface area contributed by atoms with Gasteiger partial charge < -0.3 is 16.4 Å². The first-order valence-electron chi connectivity index (χ1n) is 10.3. The Bertz CT molecular complexity index is 1060. The van der Waals surface area contributed by atoms with Crippen molar-refractivity contribution in [1.82, 2.24) is 20.6 Å². The number of hydrogen-bond acceptors (Lipinski definition) is 5. The predicted molar refractivity (Wildman–Crippen MR) is 121 cm³/mol. The van der Waals surface area contributed by atoms with Crippen molar-refractivity contribution < 1.29 is 9.59 Å². The van der Waals surface area contributed by atoms with Gasteiger partial charge in [-0.05, 0) is 36.1 Å². The van der Waals surface area contributed by atoms with E-state index in [-0.39, 0.29) is 17.4 Å². The second kappa shape index (κ2) is 10.3. The van der Waals surface area contributed by atoms with Gasteiger partial charge in [0.25, 0.3) is 11.8 Å². The lowest BCUT2D eigenvalue weighted by atomic mass is 10.1. The lowest BCUT2D eigenvalue weighted by molar-refractivity contribution is 0.0945. The van der Waals surface area contributed by atoms with E-state index < -0.39 is 5.91 Å². The van der Waals surface area contributed by atoms with Crippen LogP contribution in [0.3, 0.4) is 0 Å². The lowest BCUT2D eigenvalue weighted by Gasteiger charge is -2.09. The van der Waals surface area contributed by atoms with Crippen LogP contribution in [-0.2, 0) is 13.0 Å². The number of nitrogen functional groups attached to an aromatic ring is 1. The van der Waals surface area contributed by atoms with Gasteiger partial charge in [-0.15, -0.1) is 0 Å². The highest BCUT2D eigenvalue weighted by atomic mass is 16.2. The number of rotatable bonds is 8. The number of aromatic nitrogens is 2. The Hall–Kier alpha value is -3.74. The quantitative estimate of drug-likeness (QED) is 0.521. The summed E-state index contributed by atoms with van der Waals surface area (Å²) >= 11 is 0. The molecule has 0 aliphatic heterocycles. The van der Waals surface area contributed by atoms with Crippen molar-refractivity contribution in [3.63, 3.8) is 0 Å². The maximum Gasteiger partial charge on any atom is 0.273 e. The molecule has 1 aromatic heterocycles. The van der Waals surface area contributed by atoms with Gasteiger partial charge in [0.05, 0.1) is 11.9 Å². The fourth-order valence-corrected chi connectivity index (χ4v) is 3.13.